The molecule has 1 aromatic rings. The van der Waals surface area contributed by atoms with E-state index in [4.69, 9.17) is 10.3 Å². The number of thiazole rings is 1. The van der Waals surface area contributed by atoms with E-state index >= 15 is 0 Å². The van der Waals surface area contributed by atoms with E-state index in [2.05, 4.69) is 20.3 Å². The van der Waals surface area contributed by atoms with Crippen LogP contribution in [0.25, 0.3) is 0 Å². The van der Waals surface area contributed by atoms with E-state index in [0.717, 1.165) is 11.3 Å². The zero-order valence-electron chi connectivity index (χ0n) is 13.1. The van der Waals surface area contributed by atoms with Crippen molar-refractivity contribution in [3.8, 4) is 0 Å². The number of hydrogen-bond donors (Lipinski definition) is 3. The van der Waals surface area contributed by atoms with Gasteiger partial charge in [-0.25, -0.2) is 9.29 Å². The van der Waals surface area contributed by atoms with E-state index in [1.807, 2.05) is 0 Å². The molecule has 15 heteroatoms. The summed E-state index contributed by atoms with van der Waals surface area (Å²) < 4.78 is 32.0. The second-order valence-electron chi connectivity index (χ2n) is 4.78. The third kappa shape index (κ3) is 4.88. The number of anilines is 1. The number of nitrogens with zero attached hydrogens (tertiary/aromatic N) is 3. The zero-order chi connectivity index (χ0) is 18.8. The molecular formula is C11H16N5NaO6S3. The van der Waals surface area contributed by atoms with Crippen LogP contribution in [-0.2, 0) is 24.7 Å². The minimum absolute atomic E-state index is 0. The molecule has 0 radical (unpaired) electrons. The Balaban J connectivity index is 0.00000338. The summed E-state index contributed by atoms with van der Waals surface area (Å²) in [6, 6.07) is -2.04. The van der Waals surface area contributed by atoms with Crippen LogP contribution >= 0.6 is 23.1 Å². The monoisotopic (exact) mass is 433 g/mol. The van der Waals surface area contributed by atoms with Crippen molar-refractivity contribution in [2.24, 2.45) is 5.16 Å². The first-order chi connectivity index (χ1) is 11.7. The van der Waals surface area contributed by atoms with Gasteiger partial charge in [0.05, 0.1) is 6.04 Å². The summed E-state index contributed by atoms with van der Waals surface area (Å²) in [6.07, 6.45) is 1.69. The third-order valence-corrected chi connectivity index (χ3v) is 5.50. The SMILES string of the molecule is CO/N=C(\C(=O)NC1C(=O)N(S(=O)(=O)O)C1CSC)c1csc(N)n1.[NaH]. The molecule has 11 nitrogen and oxygen atoms in total. The summed E-state index contributed by atoms with van der Waals surface area (Å²) in [5, 5.41) is 7.67. The summed E-state index contributed by atoms with van der Waals surface area (Å²) in [5.41, 5.74) is 5.47. The molecule has 1 aliphatic rings. The van der Waals surface area contributed by atoms with Crippen molar-refractivity contribution in [3.05, 3.63) is 11.1 Å². The van der Waals surface area contributed by atoms with Crippen LogP contribution in [0.5, 0.6) is 0 Å². The second-order valence-corrected chi connectivity index (χ2v) is 7.87. The van der Waals surface area contributed by atoms with Crippen molar-refractivity contribution in [2.75, 3.05) is 24.9 Å². The van der Waals surface area contributed by atoms with Gasteiger partial charge in [0.15, 0.2) is 10.8 Å². The number of carbonyl (C=O) groups excluding carboxylic acids is 2. The van der Waals surface area contributed by atoms with Gasteiger partial charge in [-0.3, -0.25) is 14.1 Å². The molecule has 0 saturated carbocycles. The van der Waals surface area contributed by atoms with Crippen molar-refractivity contribution in [1.29, 1.82) is 0 Å². The molecule has 0 spiro atoms. The number of amides is 2. The van der Waals surface area contributed by atoms with Crippen molar-refractivity contribution >= 4 is 85.6 Å². The summed E-state index contributed by atoms with van der Waals surface area (Å²) in [5.74, 6) is -1.53. The first-order valence-electron chi connectivity index (χ1n) is 6.63. The van der Waals surface area contributed by atoms with Crippen LogP contribution in [0.4, 0.5) is 5.13 Å². The van der Waals surface area contributed by atoms with Gasteiger partial charge in [-0.05, 0) is 6.26 Å². The number of aromatic nitrogens is 1. The van der Waals surface area contributed by atoms with Crippen LogP contribution in [0, 0.1) is 0 Å². The average molecular weight is 433 g/mol. The Kier molecular flexibility index (Phi) is 8.32. The fourth-order valence-corrected chi connectivity index (χ4v) is 4.40. The molecule has 0 aromatic carbocycles. The second kappa shape index (κ2) is 9.34. The van der Waals surface area contributed by atoms with Gasteiger partial charge >= 0.3 is 39.9 Å². The maximum atomic E-state index is 12.4. The Bertz CT molecular complexity index is 813. The van der Waals surface area contributed by atoms with E-state index in [1.54, 1.807) is 6.26 Å². The number of oxime groups is 1. The molecule has 140 valence electrons. The fourth-order valence-electron chi connectivity index (χ4n) is 2.20. The molecule has 0 aliphatic carbocycles. The Hall–Kier alpha value is -0.900. The molecule has 4 N–H and O–H groups in total. The van der Waals surface area contributed by atoms with Crippen LogP contribution in [0.1, 0.15) is 5.69 Å². The topological polar surface area (TPSA) is 164 Å². The van der Waals surface area contributed by atoms with Crippen LogP contribution in [-0.4, -0.2) is 101 Å². The number of nitrogen functional groups attached to an aromatic ring is 1. The van der Waals surface area contributed by atoms with E-state index in [-0.39, 0.29) is 51.8 Å². The minimum atomic E-state index is -4.70. The van der Waals surface area contributed by atoms with Crippen molar-refractivity contribution in [3.63, 3.8) is 0 Å². The molecule has 1 fully saturated rings. The molecule has 2 amide bonds. The molecule has 1 aromatic heterocycles. The first kappa shape index (κ1) is 23.1. The summed E-state index contributed by atoms with van der Waals surface area (Å²) in [4.78, 5) is 33.0. The van der Waals surface area contributed by atoms with E-state index in [0.29, 0.717) is 4.31 Å². The maximum absolute atomic E-state index is 12.4. The predicted octanol–water partition coefficient (Wildman–Crippen LogP) is -1.71. The van der Waals surface area contributed by atoms with Gasteiger partial charge < -0.3 is 15.9 Å². The van der Waals surface area contributed by atoms with Crippen molar-refractivity contribution in [1.82, 2.24) is 14.6 Å². The van der Waals surface area contributed by atoms with E-state index in [9.17, 15) is 18.0 Å². The van der Waals surface area contributed by atoms with Crippen LogP contribution in [0.3, 0.4) is 0 Å². The molecule has 2 rings (SSSR count). The van der Waals surface area contributed by atoms with Crippen LogP contribution < -0.4 is 11.1 Å². The van der Waals surface area contributed by atoms with E-state index in [1.165, 1.54) is 24.3 Å². The first-order valence-corrected chi connectivity index (χ1v) is 10.3. The summed E-state index contributed by atoms with van der Waals surface area (Å²) in [7, 11) is -3.47. The molecule has 1 aliphatic heterocycles. The van der Waals surface area contributed by atoms with Gasteiger partial charge in [0.1, 0.15) is 18.8 Å². The Morgan fingerprint density at radius 1 is 1.62 bits per heavy atom. The summed E-state index contributed by atoms with van der Waals surface area (Å²) >= 11 is 2.34. The van der Waals surface area contributed by atoms with Gasteiger partial charge in [0.25, 0.3) is 11.8 Å². The van der Waals surface area contributed by atoms with E-state index < -0.39 is 34.2 Å². The third-order valence-electron chi connectivity index (χ3n) is 3.20. The number of hydrogen-bond acceptors (Lipinski definition) is 10. The van der Waals surface area contributed by atoms with Crippen molar-refractivity contribution < 1.29 is 27.4 Å². The number of rotatable bonds is 7. The Morgan fingerprint density at radius 2 is 2.27 bits per heavy atom. The summed E-state index contributed by atoms with van der Waals surface area (Å²) in [6.45, 7) is 0. The number of nitrogens with two attached hydrogens (primary N) is 1. The van der Waals surface area contributed by atoms with Gasteiger partial charge in [-0.15, -0.1) is 11.3 Å². The average Bonchev–Trinajstić information content (AvgIpc) is 2.94. The molecule has 1 saturated heterocycles. The molecule has 0 bridgehead atoms. The number of β-lactam (4-membered cyclic amide) rings is 1. The molecule has 2 heterocycles. The number of carbonyl (C=O) groups is 2. The quantitative estimate of drug-likeness (QED) is 0.149. The zero-order valence-corrected chi connectivity index (χ0v) is 15.5. The molecule has 2 atom stereocenters. The fraction of sp³-hybridized carbons (Fsp3) is 0.455. The van der Waals surface area contributed by atoms with Crippen LogP contribution in [0.15, 0.2) is 10.5 Å². The van der Waals surface area contributed by atoms with Gasteiger partial charge in [-0.1, -0.05) is 5.16 Å². The van der Waals surface area contributed by atoms with Crippen LogP contribution in [0.2, 0.25) is 0 Å². The number of thioether (sulfide) groups is 1. The van der Waals surface area contributed by atoms with Gasteiger partial charge in [0, 0.05) is 11.1 Å². The number of nitrogens with one attached hydrogen (secondary N) is 1. The van der Waals surface area contributed by atoms with Crippen molar-refractivity contribution in [2.45, 2.75) is 12.1 Å². The Labute approximate surface area is 179 Å². The normalized spacial score (nSPS) is 20.2. The molecule has 2 unspecified atom stereocenters. The predicted molar refractivity (Wildman–Crippen MR) is 99.7 cm³/mol. The molecule has 26 heavy (non-hydrogen) atoms. The standard InChI is InChI=1S/C11H15N5O6S3.Na.H/c1-22-15-7(5-3-24-11(12)13-5)9(17)14-8-6(4-23-2)16(10(8)18)25(19,20)21;;/h3,6,8H,4H2,1-2H3,(H2,12,13)(H,14,17)(H,19,20,21);;/b15-7-;;. The molecular weight excluding hydrogens is 417 g/mol. The Morgan fingerprint density at radius 3 is 2.73 bits per heavy atom. The van der Waals surface area contributed by atoms with Gasteiger partial charge in [0.2, 0.25) is 0 Å². The van der Waals surface area contributed by atoms with Gasteiger partial charge in [-0.2, -0.15) is 20.2 Å².